The molecule has 1 aromatic carbocycles. The zero-order valence-corrected chi connectivity index (χ0v) is 8.16. The van der Waals surface area contributed by atoms with E-state index in [2.05, 4.69) is 11.9 Å². The normalized spacial score (nSPS) is 16.4. The average molecular weight is 191 g/mol. The SMILES string of the molecule is CN1CCc2cc(C(=O)O)ccc2C1. The maximum absolute atomic E-state index is 10.7. The molecule has 0 spiro atoms. The summed E-state index contributed by atoms with van der Waals surface area (Å²) in [4.78, 5) is 13.0. The summed E-state index contributed by atoms with van der Waals surface area (Å²) in [6.07, 6.45) is 0.951. The molecule has 14 heavy (non-hydrogen) atoms. The van der Waals surface area contributed by atoms with Crippen LogP contribution in [-0.2, 0) is 13.0 Å². The number of fused-ring (bicyclic) bond motifs is 1. The van der Waals surface area contributed by atoms with Gasteiger partial charge in [-0.05, 0) is 36.7 Å². The topological polar surface area (TPSA) is 40.5 Å². The minimum atomic E-state index is -0.841. The Hall–Kier alpha value is -1.35. The first-order chi connectivity index (χ1) is 6.66. The maximum Gasteiger partial charge on any atom is 0.335 e. The Morgan fingerprint density at radius 3 is 2.93 bits per heavy atom. The number of rotatable bonds is 1. The van der Waals surface area contributed by atoms with Crippen LogP contribution in [0.5, 0.6) is 0 Å². The first kappa shape index (κ1) is 9.21. The number of nitrogens with zero attached hydrogens (tertiary/aromatic N) is 1. The van der Waals surface area contributed by atoms with E-state index in [1.165, 1.54) is 11.1 Å². The van der Waals surface area contributed by atoms with Gasteiger partial charge in [0.1, 0.15) is 0 Å². The number of likely N-dealkylation sites (N-methyl/N-ethyl adjacent to an activating group) is 1. The molecule has 0 unspecified atom stereocenters. The quantitative estimate of drug-likeness (QED) is 0.729. The van der Waals surface area contributed by atoms with E-state index < -0.39 is 5.97 Å². The first-order valence-corrected chi connectivity index (χ1v) is 4.70. The van der Waals surface area contributed by atoms with Crippen molar-refractivity contribution in [1.29, 1.82) is 0 Å². The molecular formula is C11H13NO2. The van der Waals surface area contributed by atoms with Gasteiger partial charge in [-0.1, -0.05) is 6.07 Å². The third-order valence-electron chi connectivity index (χ3n) is 2.66. The molecule has 1 heterocycles. The van der Waals surface area contributed by atoms with Crippen molar-refractivity contribution in [3.05, 3.63) is 34.9 Å². The Balaban J connectivity index is 2.36. The van der Waals surface area contributed by atoms with Gasteiger partial charge in [-0.25, -0.2) is 4.79 Å². The van der Waals surface area contributed by atoms with Crippen molar-refractivity contribution in [3.8, 4) is 0 Å². The highest BCUT2D eigenvalue weighted by atomic mass is 16.4. The van der Waals surface area contributed by atoms with Crippen LogP contribution in [0.2, 0.25) is 0 Å². The summed E-state index contributed by atoms with van der Waals surface area (Å²) in [6, 6.07) is 5.40. The van der Waals surface area contributed by atoms with E-state index in [9.17, 15) is 4.79 Å². The van der Waals surface area contributed by atoms with Crippen molar-refractivity contribution in [3.63, 3.8) is 0 Å². The van der Waals surface area contributed by atoms with Crippen molar-refractivity contribution in [2.45, 2.75) is 13.0 Å². The first-order valence-electron chi connectivity index (χ1n) is 4.70. The van der Waals surface area contributed by atoms with Crippen LogP contribution in [0.3, 0.4) is 0 Å². The molecule has 1 aromatic rings. The highest BCUT2D eigenvalue weighted by molar-refractivity contribution is 5.87. The average Bonchev–Trinajstić information content (AvgIpc) is 2.16. The van der Waals surface area contributed by atoms with Crippen LogP contribution in [0.1, 0.15) is 21.5 Å². The van der Waals surface area contributed by atoms with Crippen molar-refractivity contribution < 1.29 is 9.90 Å². The van der Waals surface area contributed by atoms with Gasteiger partial charge in [0.25, 0.3) is 0 Å². The standard InChI is InChI=1S/C11H13NO2/c1-12-5-4-8-6-9(11(13)14)2-3-10(8)7-12/h2-3,6H,4-5,7H2,1H3,(H,13,14). The fraction of sp³-hybridized carbons (Fsp3) is 0.364. The van der Waals surface area contributed by atoms with Crippen molar-refractivity contribution in [1.82, 2.24) is 4.90 Å². The van der Waals surface area contributed by atoms with Crippen molar-refractivity contribution in [2.24, 2.45) is 0 Å². The van der Waals surface area contributed by atoms with Gasteiger partial charge >= 0.3 is 5.97 Å². The minimum absolute atomic E-state index is 0.397. The molecular weight excluding hydrogens is 178 g/mol. The lowest BCUT2D eigenvalue weighted by molar-refractivity contribution is 0.0696. The van der Waals surface area contributed by atoms with Crippen molar-refractivity contribution >= 4 is 5.97 Å². The fourth-order valence-corrected chi connectivity index (χ4v) is 1.83. The van der Waals surface area contributed by atoms with Crippen LogP contribution in [0.4, 0.5) is 0 Å². The molecule has 0 fully saturated rings. The fourth-order valence-electron chi connectivity index (χ4n) is 1.83. The Labute approximate surface area is 83.0 Å². The summed E-state index contributed by atoms with van der Waals surface area (Å²) in [5.74, 6) is -0.841. The smallest absolute Gasteiger partial charge is 0.335 e. The van der Waals surface area contributed by atoms with E-state index in [0.717, 1.165) is 19.5 Å². The monoisotopic (exact) mass is 191 g/mol. The molecule has 0 saturated carbocycles. The number of hydrogen-bond acceptors (Lipinski definition) is 2. The largest absolute Gasteiger partial charge is 0.478 e. The summed E-state index contributed by atoms with van der Waals surface area (Å²) < 4.78 is 0. The van der Waals surface area contributed by atoms with Crippen molar-refractivity contribution in [2.75, 3.05) is 13.6 Å². The van der Waals surface area contributed by atoms with Crippen LogP contribution in [0.15, 0.2) is 18.2 Å². The number of carboxylic acids is 1. The van der Waals surface area contributed by atoms with Gasteiger partial charge < -0.3 is 10.0 Å². The Kier molecular flexibility index (Phi) is 2.25. The number of benzene rings is 1. The summed E-state index contributed by atoms with van der Waals surface area (Å²) in [6.45, 7) is 1.94. The highest BCUT2D eigenvalue weighted by Gasteiger charge is 2.14. The van der Waals surface area contributed by atoms with Crippen LogP contribution in [-0.4, -0.2) is 29.6 Å². The van der Waals surface area contributed by atoms with E-state index in [1.54, 1.807) is 12.1 Å². The predicted molar refractivity (Wildman–Crippen MR) is 53.4 cm³/mol. The Morgan fingerprint density at radius 2 is 2.21 bits per heavy atom. The third kappa shape index (κ3) is 1.63. The number of carbonyl (C=O) groups is 1. The van der Waals surface area contributed by atoms with Gasteiger partial charge in [-0.2, -0.15) is 0 Å². The second kappa shape index (κ2) is 3.42. The summed E-state index contributed by atoms with van der Waals surface area (Å²) >= 11 is 0. The molecule has 1 aliphatic rings. The summed E-state index contributed by atoms with van der Waals surface area (Å²) in [7, 11) is 2.08. The molecule has 0 aromatic heterocycles. The molecule has 0 aliphatic carbocycles. The molecule has 2 rings (SSSR count). The molecule has 1 N–H and O–H groups in total. The predicted octanol–water partition coefficient (Wildman–Crippen LogP) is 1.37. The molecule has 1 aliphatic heterocycles. The molecule has 0 amide bonds. The zero-order chi connectivity index (χ0) is 10.1. The third-order valence-corrected chi connectivity index (χ3v) is 2.66. The molecule has 0 saturated heterocycles. The van der Waals surface area contributed by atoms with E-state index in [4.69, 9.17) is 5.11 Å². The van der Waals surface area contributed by atoms with Gasteiger partial charge in [0.2, 0.25) is 0 Å². The molecule has 0 atom stereocenters. The molecule has 3 heteroatoms. The lowest BCUT2D eigenvalue weighted by Crippen LogP contribution is -2.26. The number of hydrogen-bond donors (Lipinski definition) is 1. The summed E-state index contributed by atoms with van der Waals surface area (Å²) in [5, 5.41) is 8.83. The second-order valence-electron chi connectivity index (χ2n) is 3.78. The van der Waals surface area contributed by atoms with E-state index in [-0.39, 0.29) is 0 Å². The van der Waals surface area contributed by atoms with Crippen LogP contribution >= 0.6 is 0 Å². The van der Waals surface area contributed by atoms with E-state index >= 15 is 0 Å². The minimum Gasteiger partial charge on any atom is -0.478 e. The Morgan fingerprint density at radius 1 is 1.43 bits per heavy atom. The van der Waals surface area contributed by atoms with Crippen LogP contribution in [0, 0.1) is 0 Å². The van der Waals surface area contributed by atoms with E-state index in [1.807, 2.05) is 6.07 Å². The molecule has 0 radical (unpaired) electrons. The highest BCUT2D eigenvalue weighted by Crippen LogP contribution is 2.19. The molecule has 0 bridgehead atoms. The molecule has 74 valence electrons. The lowest BCUT2D eigenvalue weighted by Gasteiger charge is -2.24. The van der Waals surface area contributed by atoms with Gasteiger partial charge in [0.15, 0.2) is 0 Å². The van der Waals surface area contributed by atoms with Gasteiger partial charge in [-0.15, -0.1) is 0 Å². The van der Waals surface area contributed by atoms with Gasteiger partial charge in [0.05, 0.1) is 5.56 Å². The van der Waals surface area contributed by atoms with Gasteiger partial charge in [-0.3, -0.25) is 0 Å². The van der Waals surface area contributed by atoms with E-state index in [0.29, 0.717) is 5.56 Å². The lowest BCUT2D eigenvalue weighted by atomic mass is 9.98. The van der Waals surface area contributed by atoms with Gasteiger partial charge in [0, 0.05) is 13.1 Å². The van der Waals surface area contributed by atoms with Crippen LogP contribution < -0.4 is 0 Å². The number of aromatic carboxylic acids is 1. The Bertz CT molecular complexity index is 374. The van der Waals surface area contributed by atoms with Crippen LogP contribution in [0.25, 0.3) is 0 Å². The second-order valence-corrected chi connectivity index (χ2v) is 3.78. The summed E-state index contributed by atoms with van der Waals surface area (Å²) in [5.41, 5.74) is 2.83. The maximum atomic E-state index is 10.7. The number of carboxylic acid groups (broad SMARTS) is 1. The zero-order valence-electron chi connectivity index (χ0n) is 8.16. The molecule has 3 nitrogen and oxygen atoms in total.